The van der Waals surface area contributed by atoms with E-state index in [1.807, 2.05) is 0 Å². The van der Waals surface area contributed by atoms with E-state index >= 15 is 0 Å². The van der Waals surface area contributed by atoms with Crippen LogP contribution in [0.15, 0.2) is 50.2 Å². The van der Waals surface area contributed by atoms with Crippen molar-refractivity contribution >= 4 is 64.4 Å². The van der Waals surface area contributed by atoms with Crippen LogP contribution in [0.4, 0.5) is 5.69 Å². The predicted molar refractivity (Wildman–Crippen MR) is 100 cm³/mol. The van der Waals surface area contributed by atoms with Gasteiger partial charge in [-0.05, 0) is 52.3 Å². The van der Waals surface area contributed by atoms with Gasteiger partial charge >= 0.3 is 5.97 Å². The molecule has 0 aliphatic carbocycles. The Morgan fingerprint density at radius 3 is 2.68 bits per heavy atom. The smallest absolute Gasteiger partial charge is 0.359 e. The number of aromatic nitrogens is 2. The Hall–Kier alpha value is -1.91. The Morgan fingerprint density at radius 2 is 1.96 bits per heavy atom. The summed E-state index contributed by atoms with van der Waals surface area (Å²) in [7, 11) is -2.58. The third-order valence-electron chi connectivity index (χ3n) is 3.38. The molecule has 10 heteroatoms. The van der Waals surface area contributed by atoms with Crippen LogP contribution in [0.25, 0.3) is 10.9 Å². The van der Waals surface area contributed by atoms with Crippen molar-refractivity contribution in [2.75, 3.05) is 11.8 Å². The van der Waals surface area contributed by atoms with Crippen LogP contribution in [0.2, 0.25) is 0 Å². The minimum atomic E-state index is -3.83. The summed E-state index contributed by atoms with van der Waals surface area (Å²) >= 11 is 6.50. The first kappa shape index (κ1) is 17.9. The Morgan fingerprint density at radius 1 is 1.20 bits per heavy atom. The molecule has 0 atom stereocenters. The Labute approximate surface area is 160 Å². The Kier molecular flexibility index (Phi) is 4.85. The normalized spacial score (nSPS) is 11.5. The van der Waals surface area contributed by atoms with Crippen molar-refractivity contribution < 1.29 is 17.9 Å². The summed E-state index contributed by atoms with van der Waals surface area (Å²) in [5.41, 5.74) is 0.972. The maximum Gasteiger partial charge on any atom is 0.359 e. The molecule has 3 rings (SSSR count). The molecule has 0 fully saturated rings. The van der Waals surface area contributed by atoms with Crippen molar-refractivity contribution in [3.8, 4) is 0 Å². The molecule has 2 N–H and O–H groups in total. The quantitative estimate of drug-likeness (QED) is 0.545. The molecule has 0 spiro atoms. The average molecular weight is 489 g/mol. The summed E-state index contributed by atoms with van der Waals surface area (Å²) in [6.45, 7) is 0. The summed E-state index contributed by atoms with van der Waals surface area (Å²) in [4.78, 5) is 11.8. The number of hydrogen-bond donors (Lipinski definition) is 2. The van der Waals surface area contributed by atoms with Gasteiger partial charge in [-0.25, -0.2) is 13.2 Å². The number of carbonyl (C=O) groups excluding carboxylic acids is 1. The van der Waals surface area contributed by atoms with E-state index in [1.165, 1.54) is 19.2 Å². The minimum absolute atomic E-state index is 0.0854. The van der Waals surface area contributed by atoms with Crippen LogP contribution in [0.3, 0.4) is 0 Å². The molecule has 0 unspecified atom stereocenters. The summed E-state index contributed by atoms with van der Waals surface area (Å²) < 4.78 is 33.5. The number of sulfonamides is 1. The molecule has 3 aromatic rings. The van der Waals surface area contributed by atoms with Crippen LogP contribution in [-0.4, -0.2) is 31.7 Å². The highest BCUT2D eigenvalue weighted by atomic mass is 79.9. The zero-order chi connectivity index (χ0) is 18.2. The number of halogens is 2. The number of carbonyl (C=O) groups is 1. The van der Waals surface area contributed by atoms with Crippen molar-refractivity contribution in [3.05, 3.63) is 51.0 Å². The van der Waals surface area contributed by atoms with Gasteiger partial charge in [-0.3, -0.25) is 9.82 Å². The van der Waals surface area contributed by atoms with Gasteiger partial charge in [0.2, 0.25) is 0 Å². The number of fused-ring (bicyclic) bond motifs is 1. The van der Waals surface area contributed by atoms with Gasteiger partial charge in [0.1, 0.15) is 4.90 Å². The predicted octanol–water partition coefficient (Wildman–Crippen LogP) is 3.68. The van der Waals surface area contributed by atoms with E-state index in [2.05, 4.69) is 51.5 Å². The number of nitrogens with one attached hydrogen (secondary N) is 2. The second-order valence-corrected chi connectivity index (χ2v) is 8.43. The van der Waals surface area contributed by atoms with Gasteiger partial charge in [0.25, 0.3) is 10.0 Å². The van der Waals surface area contributed by atoms with Crippen LogP contribution in [0.5, 0.6) is 0 Å². The number of esters is 1. The van der Waals surface area contributed by atoms with Crippen molar-refractivity contribution in [3.63, 3.8) is 0 Å². The fraction of sp³-hybridized carbons (Fsp3) is 0.0667. The first-order valence-corrected chi connectivity index (χ1v) is 9.93. The molecule has 130 valence electrons. The van der Waals surface area contributed by atoms with Gasteiger partial charge in [0.15, 0.2) is 5.69 Å². The lowest BCUT2D eigenvalue weighted by Gasteiger charge is -2.10. The number of hydrogen-bond acceptors (Lipinski definition) is 5. The van der Waals surface area contributed by atoms with E-state index in [4.69, 9.17) is 0 Å². The van der Waals surface area contributed by atoms with Gasteiger partial charge in [0.05, 0.1) is 12.6 Å². The van der Waals surface area contributed by atoms with Crippen molar-refractivity contribution in [2.45, 2.75) is 4.90 Å². The molecular formula is C15H11Br2N3O4S. The third-order valence-corrected chi connectivity index (χ3v) is 6.25. The van der Waals surface area contributed by atoms with Gasteiger partial charge in [0, 0.05) is 20.0 Å². The maximum absolute atomic E-state index is 12.6. The molecule has 0 saturated heterocycles. The molecule has 0 aliphatic heterocycles. The molecule has 0 amide bonds. The van der Waals surface area contributed by atoms with Crippen LogP contribution in [0, 0.1) is 0 Å². The third kappa shape index (κ3) is 3.55. The van der Waals surface area contributed by atoms with Crippen LogP contribution in [-0.2, 0) is 14.8 Å². The topological polar surface area (TPSA) is 101 Å². The summed E-state index contributed by atoms with van der Waals surface area (Å²) in [5.74, 6) is -0.610. The van der Waals surface area contributed by atoms with Gasteiger partial charge in [-0.2, -0.15) is 5.10 Å². The number of rotatable bonds is 4. The van der Waals surface area contributed by atoms with Crippen molar-refractivity contribution in [1.82, 2.24) is 10.2 Å². The minimum Gasteiger partial charge on any atom is -0.464 e. The SMILES string of the molecule is COC(=O)c1n[nH]c2ccc(NS(=O)(=O)c3cc(Br)ccc3Br)cc12. The molecular weight excluding hydrogens is 478 g/mol. The number of H-pyrrole nitrogens is 1. The lowest BCUT2D eigenvalue weighted by Crippen LogP contribution is -2.13. The molecule has 25 heavy (non-hydrogen) atoms. The molecule has 0 radical (unpaired) electrons. The molecule has 7 nitrogen and oxygen atoms in total. The second-order valence-electron chi connectivity index (χ2n) is 5.00. The number of benzene rings is 2. The fourth-order valence-electron chi connectivity index (χ4n) is 2.22. The maximum atomic E-state index is 12.6. The van der Waals surface area contributed by atoms with Gasteiger partial charge < -0.3 is 4.74 Å². The first-order chi connectivity index (χ1) is 11.8. The molecule has 0 saturated carbocycles. The lowest BCUT2D eigenvalue weighted by atomic mass is 10.2. The number of methoxy groups -OCH3 is 1. The number of nitrogens with zero attached hydrogens (tertiary/aromatic N) is 1. The fourth-order valence-corrected chi connectivity index (χ4v) is 4.78. The van der Waals surface area contributed by atoms with E-state index in [0.717, 1.165) is 0 Å². The molecule has 0 bridgehead atoms. The standard InChI is InChI=1S/C15H11Br2N3O4S/c1-24-15(21)14-10-7-9(3-5-12(10)18-19-14)20-25(22,23)13-6-8(16)2-4-11(13)17/h2-7,20H,1H3,(H,18,19). The zero-order valence-electron chi connectivity index (χ0n) is 12.7. The number of anilines is 1. The van der Waals surface area contributed by atoms with E-state index in [1.54, 1.807) is 24.3 Å². The molecule has 1 aromatic heterocycles. The van der Waals surface area contributed by atoms with Crippen LogP contribution < -0.4 is 4.72 Å². The van der Waals surface area contributed by atoms with Crippen molar-refractivity contribution in [2.24, 2.45) is 0 Å². The molecule has 2 aromatic carbocycles. The monoisotopic (exact) mass is 487 g/mol. The Balaban J connectivity index is 2.02. The molecule has 0 aliphatic rings. The number of aromatic amines is 1. The zero-order valence-corrected chi connectivity index (χ0v) is 16.7. The van der Waals surface area contributed by atoms with Crippen LogP contribution in [0.1, 0.15) is 10.5 Å². The lowest BCUT2D eigenvalue weighted by molar-refractivity contribution is 0.0596. The second kappa shape index (κ2) is 6.77. The summed E-state index contributed by atoms with van der Waals surface area (Å²) in [6, 6.07) is 9.57. The first-order valence-electron chi connectivity index (χ1n) is 6.86. The Bertz CT molecular complexity index is 1080. The van der Waals surface area contributed by atoms with E-state index in [-0.39, 0.29) is 10.6 Å². The average Bonchev–Trinajstić information content (AvgIpc) is 2.99. The number of ether oxygens (including phenoxy) is 1. The van der Waals surface area contributed by atoms with Crippen LogP contribution >= 0.6 is 31.9 Å². The highest BCUT2D eigenvalue weighted by molar-refractivity contribution is 9.11. The van der Waals surface area contributed by atoms with E-state index in [0.29, 0.717) is 25.5 Å². The van der Waals surface area contributed by atoms with Gasteiger partial charge in [-0.15, -0.1) is 0 Å². The highest BCUT2D eigenvalue weighted by Gasteiger charge is 2.20. The van der Waals surface area contributed by atoms with Crippen molar-refractivity contribution in [1.29, 1.82) is 0 Å². The summed E-state index contributed by atoms with van der Waals surface area (Å²) in [5, 5.41) is 7.06. The molecule has 1 heterocycles. The summed E-state index contributed by atoms with van der Waals surface area (Å²) in [6.07, 6.45) is 0. The van der Waals surface area contributed by atoms with Gasteiger partial charge in [-0.1, -0.05) is 15.9 Å². The highest BCUT2D eigenvalue weighted by Crippen LogP contribution is 2.28. The largest absolute Gasteiger partial charge is 0.464 e. The van der Waals surface area contributed by atoms with E-state index < -0.39 is 16.0 Å². The van der Waals surface area contributed by atoms with E-state index in [9.17, 15) is 13.2 Å².